The molecule has 21 heavy (non-hydrogen) atoms. The van der Waals surface area contributed by atoms with E-state index in [-0.39, 0.29) is 11.9 Å². The van der Waals surface area contributed by atoms with Crippen molar-refractivity contribution >= 4 is 12.0 Å². The van der Waals surface area contributed by atoms with E-state index in [9.17, 15) is 4.79 Å². The molecule has 0 aromatic heterocycles. The van der Waals surface area contributed by atoms with Crippen molar-refractivity contribution < 1.29 is 9.53 Å². The molecule has 2 aromatic rings. The van der Waals surface area contributed by atoms with Crippen molar-refractivity contribution in [2.45, 2.75) is 11.8 Å². The number of hydrogen-bond acceptors (Lipinski definition) is 2. The summed E-state index contributed by atoms with van der Waals surface area (Å²) < 4.78 is 5.04. The van der Waals surface area contributed by atoms with Gasteiger partial charge in [-0.25, -0.2) is 0 Å². The molecule has 0 saturated heterocycles. The molecule has 2 nitrogen and oxygen atoms in total. The zero-order valence-corrected chi connectivity index (χ0v) is 12.0. The molecule has 0 amide bonds. The number of esters is 1. The second-order valence-corrected chi connectivity index (χ2v) is 5.41. The van der Waals surface area contributed by atoms with Crippen molar-refractivity contribution in [3.63, 3.8) is 0 Å². The Labute approximate surface area is 125 Å². The summed E-state index contributed by atoms with van der Waals surface area (Å²) in [6.45, 7) is 0. The van der Waals surface area contributed by atoms with Gasteiger partial charge in [0.25, 0.3) is 0 Å². The van der Waals surface area contributed by atoms with Crippen LogP contribution < -0.4 is 0 Å². The molecule has 1 saturated carbocycles. The van der Waals surface area contributed by atoms with Crippen LogP contribution in [0.15, 0.2) is 66.7 Å². The largest absolute Gasteiger partial charge is 0.468 e. The van der Waals surface area contributed by atoms with Crippen LogP contribution in [0.3, 0.4) is 0 Å². The van der Waals surface area contributed by atoms with Gasteiger partial charge in [0, 0.05) is 0 Å². The summed E-state index contributed by atoms with van der Waals surface area (Å²) in [5.74, 6) is 0.0592. The molecule has 2 atom stereocenters. The molecule has 3 rings (SSSR count). The maximum Gasteiger partial charge on any atom is 0.316 e. The van der Waals surface area contributed by atoms with Crippen LogP contribution in [-0.4, -0.2) is 13.1 Å². The average Bonchev–Trinajstić information content (AvgIpc) is 3.30. The van der Waals surface area contributed by atoms with E-state index < -0.39 is 5.41 Å². The van der Waals surface area contributed by atoms with Crippen molar-refractivity contribution in [2.75, 3.05) is 7.11 Å². The summed E-state index contributed by atoms with van der Waals surface area (Å²) >= 11 is 0. The number of carbonyl (C=O) groups is 1. The molecule has 106 valence electrons. The lowest BCUT2D eigenvalue weighted by Gasteiger charge is -2.14. The van der Waals surface area contributed by atoms with Gasteiger partial charge in [-0.1, -0.05) is 72.8 Å². The third-order valence-electron chi connectivity index (χ3n) is 4.17. The van der Waals surface area contributed by atoms with E-state index in [4.69, 9.17) is 4.74 Å². The van der Waals surface area contributed by atoms with Gasteiger partial charge in [-0.2, -0.15) is 0 Å². The Hall–Kier alpha value is -2.35. The summed E-state index contributed by atoms with van der Waals surface area (Å²) in [6, 6.07) is 20.0. The fraction of sp³-hybridized carbons (Fsp3) is 0.211. The molecule has 2 aromatic carbocycles. The van der Waals surface area contributed by atoms with E-state index in [1.54, 1.807) is 0 Å². The van der Waals surface area contributed by atoms with Gasteiger partial charge in [0.1, 0.15) is 0 Å². The summed E-state index contributed by atoms with van der Waals surface area (Å²) in [4.78, 5) is 12.3. The maximum absolute atomic E-state index is 12.3. The van der Waals surface area contributed by atoms with E-state index in [2.05, 4.69) is 24.3 Å². The minimum atomic E-state index is -0.499. The molecule has 1 aliphatic rings. The Morgan fingerprint density at radius 2 is 1.71 bits per heavy atom. The van der Waals surface area contributed by atoms with Gasteiger partial charge >= 0.3 is 5.97 Å². The van der Waals surface area contributed by atoms with E-state index in [0.717, 1.165) is 17.5 Å². The first-order valence-corrected chi connectivity index (χ1v) is 7.14. The minimum Gasteiger partial charge on any atom is -0.468 e. The van der Waals surface area contributed by atoms with E-state index in [1.807, 2.05) is 48.5 Å². The third kappa shape index (κ3) is 2.49. The highest BCUT2D eigenvalue weighted by Crippen LogP contribution is 2.56. The molecule has 1 fully saturated rings. The molecule has 0 N–H and O–H groups in total. The standard InChI is InChI=1S/C19H18O2/c1-21-18(20)19(16-10-6-3-7-11-16)14-17(19)13-12-15-8-4-2-5-9-15/h2-13,17H,14H2,1H3. The van der Waals surface area contributed by atoms with Gasteiger partial charge in [0.05, 0.1) is 12.5 Å². The van der Waals surface area contributed by atoms with Crippen molar-refractivity contribution in [1.82, 2.24) is 0 Å². The fourth-order valence-corrected chi connectivity index (χ4v) is 2.91. The van der Waals surface area contributed by atoms with Crippen LogP contribution in [0.2, 0.25) is 0 Å². The van der Waals surface area contributed by atoms with Crippen LogP contribution in [0.25, 0.3) is 6.08 Å². The van der Waals surface area contributed by atoms with Crippen LogP contribution in [0.4, 0.5) is 0 Å². The molecule has 0 bridgehead atoms. The predicted molar refractivity (Wildman–Crippen MR) is 83.7 cm³/mol. The molecular weight excluding hydrogens is 260 g/mol. The fourth-order valence-electron chi connectivity index (χ4n) is 2.91. The maximum atomic E-state index is 12.3. The molecule has 0 spiro atoms. The van der Waals surface area contributed by atoms with Crippen molar-refractivity contribution in [3.05, 3.63) is 77.9 Å². The lowest BCUT2D eigenvalue weighted by atomic mass is 9.93. The van der Waals surface area contributed by atoms with Crippen LogP contribution in [-0.2, 0) is 14.9 Å². The van der Waals surface area contributed by atoms with E-state index in [0.29, 0.717) is 0 Å². The van der Waals surface area contributed by atoms with E-state index in [1.165, 1.54) is 7.11 Å². The first-order valence-electron chi connectivity index (χ1n) is 7.14. The zero-order chi connectivity index (χ0) is 14.7. The van der Waals surface area contributed by atoms with Crippen molar-refractivity contribution in [1.29, 1.82) is 0 Å². The van der Waals surface area contributed by atoms with Gasteiger partial charge in [0.15, 0.2) is 0 Å². The molecule has 2 heteroatoms. The topological polar surface area (TPSA) is 26.3 Å². The number of ether oxygens (including phenoxy) is 1. The first kappa shape index (κ1) is 13.6. The quantitative estimate of drug-likeness (QED) is 0.794. The van der Waals surface area contributed by atoms with Crippen LogP contribution >= 0.6 is 0 Å². The third-order valence-corrected chi connectivity index (χ3v) is 4.17. The number of hydrogen-bond donors (Lipinski definition) is 0. The van der Waals surface area contributed by atoms with Crippen LogP contribution in [0.1, 0.15) is 17.5 Å². The smallest absolute Gasteiger partial charge is 0.316 e. The Morgan fingerprint density at radius 3 is 2.33 bits per heavy atom. The number of allylic oxidation sites excluding steroid dienone is 1. The second-order valence-electron chi connectivity index (χ2n) is 5.41. The number of carbonyl (C=O) groups excluding carboxylic acids is 1. The molecule has 0 radical (unpaired) electrons. The van der Waals surface area contributed by atoms with Gasteiger partial charge in [-0.3, -0.25) is 4.79 Å². The molecule has 2 unspecified atom stereocenters. The number of benzene rings is 2. The summed E-state index contributed by atoms with van der Waals surface area (Å²) in [6.07, 6.45) is 5.02. The number of methoxy groups -OCH3 is 1. The molecule has 0 heterocycles. The predicted octanol–water partition coefficient (Wildman–Crippen LogP) is 3.83. The lowest BCUT2D eigenvalue weighted by Crippen LogP contribution is -2.24. The Balaban J connectivity index is 1.85. The Kier molecular flexibility index (Phi) is 3.61. The van der Waals surface area contributed by atoms with Gasteiger partial charge in [-0.05, 0) is 23.5 Å². The first-order chi connectivity index (χ1) is 10.3. The average molecular weight is 278 g/mol. The summed E-state index contributed by atoms with van der Waals surface area (Å²) in [5, 5.41) is 0. The highest BCUT2D eigenvalue weighted by molar-refractivity contribution is 5.88. The van der Waals surface area contributed by atoms with Crippen molar-refractivity contribution in [2.24, 2.45) is 5.92 Å². The minimum absolute atomic E-state index is 0.142. The van der Waals surface area contributed by atoms with Crippen molar-refractivity contribution in [3.8, 4) is 0 Å². The molecule has 1 aliphatic carbocycles. The second kappa shape index (κ2) is 5.57. The highest BCUT2D eigenvalue weighted by Gasteiger charge is 2.60. The lowest BCUT2D eigenvalue weighted by molar-refractivity contribution is -0.144. The molecule has 0 aliphatic heterocycles. The van der Waals surface area contributed by atoms with E-state index >= 15 is 0 Å². The van der Waals surface area contributed by atoms with Gasteiger partial charge in [-0.15, -0.1) is 0 Å². The normalized spacial score (nSPS) is 24.0. The van der Waals surface area contributed by atoms with Crippen LogP contribution in [0.5, 0.6) is 0 Å². The van der Waals surface area contributed by atoms with Crippen LogP contribution in [0, 0.1) is 5.92 Å². The zero-order valence-electron chi connectivity index (χ0n) is 12.0. The molecular formula is C19H18O2. The summed E-state index contributed by atoms with van der Waals surface area (Å²) in [7, 11) is 1.46. The Bertz CT molecular complexity index is 646. The van der Waals surface area contributed by atoms with Gasteiger partial charge < -0.3 is 4.74 Å². The highest BCUT2D eigenvalue weighted by atomic mass is 16.5. The monoisotopic (exact) mass is 278 g/mol. The number of rotatable bonds is 4. The Morgan fingerprint density at radius 1 is 1.10 bits per heavy atom. The summed E-state index contributed by atoms with van der Waals surface area (Å²) in [5.41, 5.74) is 1.69. The van der Waals surface area contributed by atoms with Gasteiger partial charge in [0.2, 0.25) is 0 Å². The SMILES string of the molecule is COC(=O)C1(c2ccccc2)CC1C=Cc1ccccc1.